The molecular formula is C22H20N4O2S. The van der Waals surface area contributed by atoms with Crippen molar-refractivity contribution in [2.75, 3.05) is 18.4 Å². The van der Waals surface area contributed by atoms with Crippen molar-refractivity contribution in [1.29, 1.82) is 5.26 Å². The summed E-state index contributed by atoms with van der Waals surface area (Å²) in [5.41, 5.74) is 2.19. The van der Waals surface area contributed by atoms with Gasteiger partial charge in [-0.05, 0) is 49.2 Å². The van der Waals surface area contributed by atoms with E-state index >= 15 is 0 Å². The van der Waals surface area contributed by atoms with Gasteiger partial charge in [-0.15, -0.1) is 11.3 Å². The average molecular weight is 404 g/mol. The Bertz CT molecular complexity index is 1050. The molecule has 1 N–H and O–H groups in total. The maximum Gasteiger partial charge on any atom is 0.253 e. The highest BCUT2D eigenvalue weighted by molar-refractivity contribution is 7.18. The first kappa shape index (κ1) is 19.1. The van der Waals surface area contributed by atoms with E-state index in [0.717, 1.165) is 29.9 Å². The zero-order valence-electron chi connectivity index (χ0n) is 15.8. The molecule has 0 radical (unpaired) electrons. The molecule has 3 aromatic rings. The second-order valence-electron chi connectivity index (χ2n) is 7.07. The first-order valence-corrected chi connectivity index (χ1v) is 10.4. The molecule has 0 saturated carbocycles. The predicted octanol–water partition coefficient (Wildman–Crippen LogP) is 4.17. The Kier molecular flexibility index (Phi) is 5.54. The number of anilines is 1. The normalized spacial score (nSPS) is 16.4. The van der Waals surface area contributed by atoms with Crippen LogP contribution in [0.1, 0.15) is 40.5 Å². The van der Waals surface area contributed by atoms with E-state index in [2.05, 4.69) is 11.4 Å². The van der Waals surface area contributed by atoms with Crippen LogP contribution < -0.4 is 5.32 Å². The lowest BCUT2D eigenvalue weighted by Crippen LogP contribution is -2.39. The molecule has 1 aliphatic heterocycles. The van der Waals surface area contributed by atoms with E-state index < -0.39 is 0 Å². The molecule has 7 heteroatoms. The highest BCUT2D eigenvalue weighted by Gasteiger charge is 2.27. The van der Waals surface area contributed by atoms with Crippen molar-refractivity contribution in [3.63, 3.8) is 0 Å². The van der Waals surface area contributed by atoms with Gasteiger partial charge in [0.1, 0.15) is 6.42 Å². The van der Waals surface area contributed by atoms with E-state index in [-0.39, 0.29) is 24.2 Å². The molecule has 0 unspecified atom stereocenters. The molecule has 0 aliphatic carbocycles. The molecule has 1 aliphatic rings. The fourth-order valence-electron chi connectivity index (χ4n) is 3.58. The number of hydrogen-bond acceptors (Lipinski definition) is 5. The van der Waals surface area contributed by atoms with Crippen LogP contribution in [0.3, 0.4) is 0 Å². The van der Waals surface area contributed by atoms with E-state index in [0.29, 0.717) is 17.8 Å². The number of fused-ring (bicyclic) bond motifs is 1. The molecule has 29 heavy (non-hydrogen) atoms. The Morgan fingerprint density at radius 3 is 2.76 bits per heavy atom. The Hall–Kier alpha value is -3.24. The highest BCUT2D eigenvalue weighted by atomic mass is 32.1. The zero-order valence-corrected chi connectivity index (χ0v) is 16.6. The number of carbonyl (C=O) groups excluding carboxylic acids is 2. The second kappa shape index (κ2) is 8.41. The van der Waals surface area contributed by atoms with Gasteiger partial charge in [-0.1, -0.05) is 12.1 Å². The number of carbonyl (C=O) groups is 2. The minimum Gasteiger partial charge on any atom is -0.338 e. The number of para-hydroxylation sites is 1. The zero-order chi connectivity index (χ0) is 20.2. The molecule has 1 saturated heterocycles. The van der Waals surface area contributed by atoms with Gasteiger partial charge in [-0.2, -0.15) is 5.26 Å². The van der Waals surface area contributed by atoms with Crippen molar-refractivity contribution in [2.45, 2.75) is 25.2 Å². The van der Waals surface area contributed by atoms with E-state index in [4.69, 9.17) is 10.2 Å². The number of hydrogen-bond donors (Lipinski definition) is 1. The van der Waals surface area contributed by atoms with E-state index in [1.54, 1.807) is 35.6 Å². The molecule has 4 rings (SSSR count). The summed E-state index contributed by atoms with van der Waals surface area (Å²) in [6.07, 6.45) is 1.80. The monoisotopic (exact) mass is 404 g/mol. The van der Waals surface area contributed by atoms with Crippen LogP contribution in [0.2, 0.25) is 0 Å². The lowest BCUT2D eigenvalue weighted by atomic mass is 9.98. The van der Waals surface area contributed by atoms with Gasteiger partial charge in [-0.3, -0.25) is 9.59 Å². The van der Waals surface area contributed by atoms with Crippen LogP contribution >= 0.6 is 11.3 Å². The summed E-state index contributed by atoms with van der Waals surface area (Å²) in [4.78, 5) is 31.1. The van der Waals surface area contributed by atoms with Crippen molar-refractivity contribution in [3.8, 4) is 6.07 Å². The standard InChI is InChI=1S/C22H20N4O2S/c23-12-11-20(27)24-17-9-7-15(8-10-17)22(28)26-13-3-4-16(14-26)21-25-18-5-1-2-6-19(18)29-21/h1-2,5-10,16H,3-4,11,13-14H2,(H,24,27)/t16-/m0/s1. The first-order chi connectivity index (χ1) is 14.1. The van der Waals surface area contributed by atoms with Crippen LogP contribution in [0, 0.1) is 11.3 Å². The van der Waals surface area contributed by atoms with Crippen molar-refractivity contribution in [2.24, 2.45) is 0 Å². The molecule has 1 atom stereocenters. The number of thiazole rings is 1. The van der Waals surface area contributed by atoms with Crippen LogP contribution in [0.25, 0.3) is 10.2 Å². The van der Waals surface area contributed by atoms with Gasteiger partial charge < -0.3 is 10.2 Å². The maximum absolute atomic E-state index is 13.0. The van der Waals surface area contributed by atoms with Crippen LogP contribution in [0.15, 0.2) is 48.5 Å². The fraction of sp³-hybridized carbons (Fsp3) is 0.273. The number of amides is 2. The van der Waals surface area contributed by atoms with Crippen LogP contribution in [-0.2, 0) is 4.79 Å². The lowest BCUT2D eigenvalue weighted by molar-refractivity contribution is -0.115. The van der Waals surface area contributed by atoms with Crippen molar-refractivity contribution in [1.82, 2.24) is 9.88 Å². The highest BCUT2D eigenvalue weighted by Crippen LogP contribution is 2.33. The molecule has 0 bridgehead atoms. The van der Waals surface area contributed by atoms with Gasteiger partial charge in [0.05, 0.1) is 21.3 Å². The third kappa shape index (κ3) is 4.28. The summed E-state index contributed by atoms with van der Waals surface area (Å²) < 4.78 is 1.18. The Morgan fingerprint density at radius 1 is 1.21 bits per heavy atom. The minimum atomic E-state index is -0.360. The van der Waals surface area contributed by atoms with Crippen molar-refractivity contribution >= 4 is 39.1 Å². The average Bonchev–Trinajstić information content (AvgIpc) is 3.18. The Morgan fingerprint density at radius 2 is 2.00 bits per heavy atom. The molecule has 0 spiro atoms. The van der Waals surface area contributed by atoms with E-state index in [1.807, 2.05) is 29.2 Å². The SMILES string of the molecule is N#CCC(=O)Nc1ccc(C(=O)N2CCC[C@H](c3nc4ccccc4s3)C2)cc1. The molecule has 1 fully saturated rings. The number of piperidine rings is 1. The van der Waals surface area contributed by atoms with Crippen LogP contribution in [0.4, 0.5) is 5.69 Å². The molecule has 6 nitrogen and oxygen atoms in total. The fourth-order valence-corrected chi connectivity index (χ4v) is 4.68. The van der Waals surface area contributed by atoms with Gasteiger partial charge in [0.15, 0.2) is 0 Å². The topological polar surface area (TPSA) is 86.1 Å². The summed E-state index contributed by atoms with van der Waals surface area (Å²) in [6, 6.07) is 16.7. The van der Waals surface area contributed by atoms with Crippen molar-refractivity contribution < 1.29 is 9.59 Å². The number of nitriles is 1. The molecule has 2 heterocycles. The van der Waals surface area contributed by atoms with Gasteiger partial charge >= 0.3 is 0 Å². The minimum absolute atomic E-state index is 0.00860. The molecule has 2 amide bonds. The maximum atomic E-state index is 13.0. The third-order valence-corrected chi connectivity index (χ3v) is 6.22. The number of nitrogens with zero attached hydrogens (tertiary/aromatic N) is 3. The van der Waals surface area contributed by atoms with Crippen molar-refractivity contribution in [3.05, 3.63) is 59.1 Å². The smallest absolute Gasteiger partial charge is 0.253 e. The molecule has 1 aromatic heterocycles. The summed E-state index contributed by atoms with van der Waals surface area (Å²) >= 11 is 1.71. The third-order valence-electron chi connectivity index (χ3n) is 5.02. The van der Waals surface area contributed by atoms with Gasteiger partial charge in [0.2, 0.25) is 5.91 Å². The van der Waals surface area contributed by atoms with Gasteiger partial charge in [-0.25, -0.2) is 4.98 Å². The van der Waals surface area contributed by atoms with Gasteiger partial charge in [0, 0.05) is 30.3 Å². The molecular weight excluding hydrogens is 384 g/mol. The summed E-state index contributed by atoms with van der Waals surface area (Å²) in [6.45, 7) is 1.40. The van der Waals surface area contributed by atoms with Crippen LogP contribution in [-0.4, -0.2) is 34.8 Å². The van der Waals surface area contributed by atoms with Crippen LogP contribution in [0.5, 0.6) is 0 Å². The summed E-state index contributed by atoms with van der Waals surface area (Å²) in [5, 5.41) is 12.3. The van der Waals surface area contributed by atoms with E-state index in [1.165, 1.54) is 4.70 Å². The van der Waals surface area contributed by atoms with E-state index in [9.17, 15) is 9.59 Å². The molecule has 146 valence electrons. The number of likely N-dealkylation sites (tertiary alicyclic amines) is 1. The summed E-state index contributed by atoms with van der Waals surface area (Å²) in [5.74, 6) is -0.110. The number of nitrogens with one attached hydrogen (secondary N) is 1. The lowest BCUT2D eigenvalue weighted by Gasteiger charge is -2.32. The Balaban J connectivity index is 1.44. The number of benzene rings is 2. The molecule has 2 aromatic carbocycles. The largest absolute Gasteiger partial charge is 0.338 e. The Labute approximate surface area is 172 Å². The first-order valence-electron chi connectivity index (χ1n) is 9.55. The number of rotatable bonds is 4. The number of aromatic nitrogens is 1. The van der Waals surface area contributed by atoms with Gasteiger partial charge in [0.25, 0.3) is 5.91 Å². The predicted molar refractivity (Wildman–Crippen MR) is 113 cm³/mol. The second-order valence-corrected chi connectivity index (χ2v) is 8.13. The quantitative estimate of drug-likeness (QED) is 0.707. The summed E-state index contributed by atoms with van der Waals surface area (Å²) in [7, 11) is 0.